The van der Waals surface area contributed by atoms with Crippen molar-refractivity contribution in [2.24, 2.45) is 5.92 Å². The summed E-state index contributed by atoms with van der Waals surface area (Å²) in [5, 5.41) is 0. The third-order valence-corrected chi connectivity index (χ3v) is 6.26. The van der Waals surface area contributed by atoms with Gasteiger partial charge < -0.3 is 14.4 Å². The molecule has 0 bridgehead atoms. The van der Waals surface area contributed by atoms with Crippen molar-refractivity contribution in [3.05, 3.63) is 75.9 Å². The van der Waals surface area contributed by atoms with Gasteiger partial charge in [0.2, 0.25) is 5.91 Å². The number of rotatable bonds is 4. The molecule has 1 fully saturated rings. The molecule has 1 saturated heterocycles. The summed E-state index contributed by atoms with van der Waals surface area (Å²) in [6, 6.07) is 11.3. The van der Waals surface area contributed by atoms with Crippen LogP contribution in [-0.2, 0) is 33.9 Å². The van der Waals surface area contributed by atoms with E-state index < -0.39 is 0 Å². The fraction of sp³-hybridized carbons (Fsp3) is 0.320. The maximum Gasteiger partial charge on any atom is 0.338 e. The lowest BCUT2D eigenvalue weighted by atomic mass is 9.94. The van der Waals surface area contributed by atoms with E-state index in [1.54, 1.807) is 6.07 Å². The zero-order valence-corrected chi connectivity index (χ0v) is 17.1. The van der Waals surface area contributed by atoms with Gasteiger partial charge in [0.1, 0.15) is 13.2 Å². The lowest BCUT2D eigenvalue weighted by molar-refractivity contribution is -0.131. The van der Waals surface area contributed by atoms with Crippen molar-refractivity contribution < 1.29 is 23.9 Å². The highest BCUT2D eigenvalue weighted by Gasteiger charge is 2.24. The van der Waals surface area contributed by atoms with Crippen LogP contribution in [0.4, 0.5) is 0 Å². The van der Waals surface area contributed by atoms with E-state index in [0.29, 0.717) is 36.7 Å². The predicted molar refractivity (Wildman–Crippen MR) is 113 cm³/mol. The van der Waals surface area contributed by atoms with Crippen molar-refractivity contribution in [2.75, 3.05) is 13.1 Å². The topological polar surface area (TPSA) is 72.9 Å². The van der Waals surface area contributed by atoms with Gasteiger partial charge in [-0.2, -0.15) is 0 Å². The Bertz CT molecular complexity index is 1100. The number of carbonyl (C=O) groups is 3. The molecule has 0 unspecified atom stereocenters. The molecule has 0 aromatic heterocycles. The molecule has 3 aliphatic heterocycles. The van der Waals surface area contributed by atoms with E-state index >= 15 is 0 Å². The molecule has 3 aliphatic rings. The Balaban J connectivity index is 1.14. The minimum atomic E-state index is -0.287. The molecule has 0 atom stereocenters. The first-order chi connectivity index (χ1) is 15.1. The van der Waals surface area contributed by atoms with Crippen LogP contribution < -0.4 is 0 Å². The second-order valence-electron chi connectivity index (χ2n) is 8.31. The number of hydrogen-bond donors (Lipinski definition) is 0. The number of fused-ring (bicyclic) bond motifs is 2. The average molecular weight is 417 g/mol. The van der Waals surface area contributed by atoms with Crippen LogP contribution in [0.25, 0.3) is 6.08 Å². The molecule has 6 nitrogen and oxygen atoms in total. The van der Waals surface area contributed by atoms with E-state index in [-0.39, 0.29) is 17.8 Å². The fourth-order valence-corrected chi connectivity index (χ4v) is 4.43. The third-order valence-electron chi connectivity index (χ3n) is 6.26. The normalized spacial score (nSPS) is 18.1. The molecule has 6 heteroatoms. The van der Waals surface area contributed by atoms with Crippen molar-refractivity contribution in [1.82, 2.24) is 4.90 Å². The molecule has 158 valence electrons. The maximum absolute atomic E-state index is 12.7. The lowest BCUT2D eigenvalue weighted by Gasteiger charge is -2.31. The summed E-state index contributed by atoms with van der Waals surface area (Å²) in [6.07, 6.45) is 6.51. The van der Waals surface area contributed by atoms with Gasteiger partial charge in [0.05, 0.1) is 17.5 Å². The monoisotopic (exact) mass is 417 g/mol. The summed E-state index contributed by atoms with van der Waals surface area (Å²) in [7, 11) is 0. The lowest BCUT2D eigenvalue weighted by Crippen LogP contribution is -2.39. The highest BCUT2D eigenvalue weighted by Crippen LogP contribution is 2.25. The fourth-order valence-electron chi connectivity index (χ4n) is 4.43. The van der Waals surface area contributed by atoms with Gasteiger partial charge in [-0.25, -0.2) is 9.59 Å². The smallest absolute Gasteiger partial charge is 0.338 e. The number of carbonyl (C=O) groups excluding carboxylic acids is 3. The van der Waals surface area contributed by atoms with Crippen LogP contribution in [0.3, 0.4) is 0 Å². The molecule has 3 heterocycles. The van der Waals surface area contributed by atoms with Crippen molar-refractivity contribution in [2.45, 2.75) is 32.5 Å². The van der Waals surface area contributed by atoms with E-state index in [2.05, 4.69) is 12.2 Å². The number of allylic oxidation sites excluding steroid dienone is 1. The van der Waals surface area contributed by atoms with Gasteiger partial charge in [-0.05, 0) is 48.1 Å². The van der Waals surface area contributed by atoms with Crippen molar-refractivity contribution in [3.8, 4) is 0 Å². The minimum absolute atomic E-state index is 0.121. The number of amides is 1. The zero-order chi connectivity index (χ0) is 21.4. The van der Waals surface area contributed by atoms with E-state index in [1.807, 2.05) is 35.2 Å². The molecule has 1 amide bonds. The molecule has 2 aromatic carbocycles. The summed E-state index contributed by atoms with van der Waals surface area (Å²) in [5.41, 5.74) is 5.05. The molecule has 2 aromatic rings. The van der Waals surface area contributed by atoms with Crippen LogP contribution in [0, 0.1) is 5.92 Å². The first-order valence-electron chi connectivity index (χ1n) is 10.6. The number of hydrogen-bond acceptors (Lipinski definition) is 5. The number of likely N-dealkylation sites (tertiary alicyclic amines) is 1. The van der Waals surface area contributed by atoms with Crippen LogP contribution in [0.2, 0.25) is 0 Å². The van der Waals surface area contributed by atoms with Gasteiger partial charge in [0, 0.05) is 24.2 Å². The Morgan fingerprint density at radius 3 is 2.29 bits per heavy atom. The van der Waals surface area contributed by atoms with Crippen LogP contribution in [0.1, 0.15) is 55.8 Å². The van der Waals surface area contributed by atoms with E-state index in [9.17, 15) is 14.4 Å². The molecule has 0 saturated carbocycles. The van der Waals surface area contributed by atoms with Crippen molar-refractivity contribution >= 4 is 23.9 Å². The van der Waals surface area contributed by atoms with Gasteiger partial charge >= 0.3 is 11.9 Å². The molecule has 0 N–H and O–H groups in total. The molecule has 5 rings (SSSR count). The summed E-state index contributed by atoms with van der Waals surface area (Å²) in [6.45, 7) is 2.13. The van der Waals surface area contributed by atoms with E-state index in [4.69, 9.17) is 9.47 Å². The summed E-state index contributed by atoms with van der Waals surface area (Å²) < 4.78 is 10.1. The average Bonchev–Trinajstić information content (AvgIpc) is 3.34. The zero-order valence-electron chi connectivity index (χ0n) is 17.1. The number of cyclic esters (lactones) is 2. The van der Waals surface area contributed by atoms with Crippen LogP contribution >= 0.6 is 0 Å². The summed E-state index contributed by atoms with van der Waals surface area (Å²) in [4.78, 5) is 37.8. The van der Waals surface area contributed by atoms with E-state index in [0.717, 1.165) is 48.2 Å². The summed E-state index contributed by atoms with van der Waals surface area (Å²) in [5.74, 6) is 0.0169. The first-order valence-corrected chi connectivity index (χ1v) is 10.6. The Morgan fingerprint density at radius 1 is 0.935 bits per heavy atom. The largest absolute Gasteiger partial charge is 0.457 e. The molecule has 0 spiro atoms. The number of esters is 2. The predicted octanol–water partition coefficient (Wildman–Crippen LogP) is 3.52. The third kappa shape index (κ3) is 3.98. The Labute approximate surface area is 180 Å². The van der Waals surface area contributed by atoms with Gasteiger partial charge in [-0.1, -0.05) is 30.4 Å². The number of piperidine rings is 1. The SMILES string of the molecule is O=C1OCc2cc(/C=C/C3CCN(C(=O)Cc4ccc5c(c4)COC5=O)CC3)ccc21. The highest BCUT2D eigenvalue weighted by atomic mass is 16.5. The number of nitrogens with zero attached hydrogens (tertiary/aromatic N) is 1. The molecule has 31 heavy (non-hydrogen) atoms. The molecular formula is C25H23NO5. The van der Waals surface area contributed by atoms with Crippen LogP contribution in [-0.4, -0.2) is 35.8 Å². The number of benzene rings is 2. The van der Waals surface area contributed by atoms with Gasteiger partial charge in [0.15, 0.2) is 0 Å². The first kappa shape index (κ1) is 19.5. The molecule has 0 aliphatic carbocycles. The second-order valence-corrected chi connectivity index (χ2v) is 8.31. The van der Waals surface area contributed by atoms with Gasteiger partial charge in [0.25, 0.3) is 0 Å². The Morgan fingerprint density at radius 2 is 1.58 bits per heavy atom. The van der Waals surface area contributed by atoms with Crippen LogP contribution in [0.5, 0.6) is 0 Å². The van der Waals surface area contributed by atoms with Crippen molar-refractivity contribution in [1.29, 1.82) is 0 Å². The number of ether oxygens (including phenoxy) is 2. The maximum atomic E-state index is 12.7. The summed E-state index contributed by atoms with van der Waals surface area (Å²) >= 11 is 0. The second kappa shape index (κ2) is 8.02. The minimum Gasteiger partial charge on any atom is -0.457 e. The van der Waals surface area contributed by atoms with Crippen molar-refractivity contribution in [3.63, 3.8) is 0 Å². The standard InChI is InChI=1S/C25H23NO5/c27-23(13-18-4-6-22-20(12-18)15-31-25(22)29)26-9-7-16(8-10-26)1-2-17-3-5-21-19(11-17)14-30-24(21)28/h1-6,11-12,16H,7-10,13-15H2/b2-1+. The quantitative estimate of drug-likeness (QED) is 0.712. The van der Waals surface area contributed by atoms with E-state index in [1.165, 1.54) is 0 Å². The van der Waals surface area contributed by atoms with Crippen LogP contribution in [0.15, 0.2) is 42.5 Å². The van der Waals surface area contributed by atoms with Gasteiger partial charge in [-0.15, -0.1) is 0 Å². The Hall–Kier alpha value is -3.41. The Kier molecular flexibility index (Phi) is 5.06. The molecule has 0 radical (unpaired) electrons. The highest BCUT2D eigenvalue weighted by molar-refractivity contribution is 5.94. The molecular weight excluding hydrogens is 394 g/mol. The van der Waals surface area contributed by atoms with Gasteiger partial charge in [-0.3, -0.25) is 4.79 Å².